The molecule has 0 atom stereocenters. The molecule has 108 valence electrons. The highest BCUT2D eigenvalue weighted by molar-refractivity contribution is 6.31. The van der Waals surface area contributed by atoms with E-state index in [0.29, 0.717) is 16.8 Å². The van der Waals surface area contributed by atoms with Crippen molar-refractivity contribution in [3.05, 3.63) is 51.5 Å². The molecule has 1 aromatic heterocycles. The molecular formula is C13H8ClNO6. The van der Waals surface area contributed by atoms with Crippen molar-refractivity contribution in [3.8, 4) is 0 Å². The predicted molar refractivity (Wildman–Crippen MR) is 74.5 cm³/mol. The Morgan fingerprint density at radius 1 is 1.24 bits per heavy atom. The second kappa shape index (κ2) is 5.68. The molecule has 1 aromatic carbocycles. The van der Waals surface area contributed by atoms with E-state index in [1.165, 1.54) is 12.1 Å². The molecule has 0 aliphatic heterocycles. The summed E-state index contributed by atoms with van der Waals surface area (Å²) in [7, 11) is 0. The van der Waals surface area contributed by atoms with E-state index in [1.54, 1.807) is 6.07 Å². The normalized spacial score (nSPS) is 10.1. The number of hydrogen-bond donors (Lipinski definition) is 3. The van der Waals surface area contributed by atoms with Crippen LogP contribution in [0.2, 0.25) is 5.02 Å². The molecule has 0 spiro atoms. The number of nitrogens with one attached hydrogen (secondary N) is 1. The fraction of sp³-hybridized carbons (Fsp3) is 0. The van der Waals surface area contributed by atoms with Crippen LogP contribution in [-0.2, 0) is 9.59 Å². The minimum atomic E-state index is -1.64. The summed E-state index contributed by atoms with van der Waals surface area (Å²) in [5.41, 5.74) is -1.22. The Balaban J connectivity index is 2.46. The molecule has 0 saturated heterocycles. The maximum atomic E-state index is 12.1. The third-order valence-corrected chi connectivity index (χ3v) is 2.80. The average Bonchev–Trinajstić information content (AvgIpc) is 2.41. The molecule has 0 aliphatic carbocycles. The molecule has 8 heteroatoms. The SMILES string of the molecule is O=C(O)C(=CNc1coc2ccc(Cl)cc2c1=O)C(=O)O. The Hall–Kier alpha value is -2.80. The maximum absolute atomic E-state index is 12.1. The van der Waals surface area contributed by atoms with Gasteiger partial charge in [-0.3, -0.25) is 4.79 Å². The first-order valence-electron chi connectivity index (χ1n) is 5.54. The van der Waals surface area contributed by atoms with E-state index in [4.69, 9.17) is 26.2 Å². The Morgan fingerprint density at radius 2 is 1.90 bits per heavy atom. The molecule has 0 radical (unpaired) electrons. The third kappa shape index (κ3) is 3.03. The smallest absolute Gasteiger partial charge is 0.344 e. The number of anilines is 1. The number of rotatable bonds is 4. The molecule has 7 nitrogen and oxygen atoms in total. The highest BCUT2D eigenvalue weighted by atomic mass is 35.5. The Kier molecular flexibility index (Phi) is 3.95. The minimum absolute atomic E-state index is 0.107. The second-order valence-electron chi connectivity index (χ2n) is 3.93. The van der Waals surface area contributed by atoms with Gasteiger partial charge in [0.25, 0.3) is 0 Å². The van der Waals surface area contributed by atoms with E-state index in [-0.39, 0.29) is 11.1 Å². The molecule has 3 N–H and O–H groups in total. The number of halogens is 1. The van der Waals surface area contributed by atoms with Gasteiger partial charge in [-0.15, -0.1) is 0 Å². The molecule has 0 aliphatic rings. The van der Waals surface area contributed by atoms with Crippen LogP contribution in [0.4, 0.5) is 5.69 Å². The molecule has 21 heavy (non-hydrogen) atoms. The van der Waals surface area contributed by atoms with Crippen LogP contribution < -0.4 is 10.7 Å². The number of carboxylic acids is 2. The van der Waals surface area contributed by atoms with Gasteiger partial charge < -0.3 is 19.9 Å². The van der Waals surface area contributed by atoms with E-state index in [0.717, 1.165) is 6.26 Å². The lowest BCUT2D eigenvalue weighted by Crippen LogP contribution is -2.14. The van der Waals surface area contributed by atoms with Gasteiger partial charge in [0.2, 0.25) is 5.43 Å². The first kappa shape index (κ1) is 14.6. The van der Waals surface area contributed by atoms with Crippen molar-refractivity contribution < 1.29 is 24.2 Å². The zero-order valence-corrected chi connectivity index (χ0v) is 11.0. The van der Waals surface area contributed by atoms with Gasteiger partial charge in [0.15, 0.2) is 5.57 Å². The minimum Gasteiger partial charge on any atom is -0.477 e. The molecule has 0 amide bonds. The summed E-state index contributed by atoms with van der Waals surface area (Å²) < 4.78 is 5.19. The van der Waals surface area contributed by atoms with Crippen molar-refractivity contribution in [3.63, 3.8) is 0 Å². The first-order valence-corrected chi connectivity index (χ1v) is 5.92. The van der Waals surface area contributed by atoms with Crippen molar-refractivity contribution in [2.75, 3.05) is 5.32 Å². The lowest BCUT2D eigenvalue weighted by atomic mass is 10.2. The second-order valence-corrected chi connectivity index (χ2v) is 4.37. The number of fused-ring (bicyclic) bond motifs is 1. The number of carbonyl (C=O) groups is 2. The number of benzene rings is 1. The molecule has 0 saturated carbocycles. The van der Waals surface area contributed by atoms with E-state index < -0.39 is 22.9 Å². The zero-order chi connectivity index (χ0) is 15.6. The van der Waals surface area contributed by atoms with Gasteiger partial charge in [-0.05, 0) is 18.2 Å². The highest BCUT2D eigenvalue weighted by Gasteiger charge is 2.16. The van der Waals surface area contributed by atoms with E-state index in [9.17, 15) is 14.4 Å². The van der Waals surface area contributed by atoms with Crippen LogP contribution in [0.25, 0.3) is 11.0 Å². The quantitative estimate of drug-likeness (QED) is 0.448. The maximum Gasteiger partial charge on any atom is 0.344 e. The van der Waals surface area contributed by atoms with Crippen LogP contribution >= 0.6 is 11.6 Å². The molecule has 0 unspecified atom stereocenters. The number of aliphatic carboxylic acids is 2. The zero-order valence-electron chi connectivity index (χ0n) is 10.3. The molecule has 2 aromatic rings. The lowest BCUT2D eigenvalue weighted by Gasteiger charge is -2.03. The Bertz CT molecular complexity index is 807. The van der Waals surface area contributed by atoms with Crippen molar-refractivity contribution in [1.29, 1.82) is 0 Å². The van der Waals surface area contributed by atoms with Crippen molar-refractivity contribution >= 4 is 40.2 Å². The third-order valence-electron chi connectivity index (χ3n) is 2.57. The summed E-state index contributed by atoms with van der Waals surface area (Å²) >= 11 is 5.79. The monoisotopic (exact) mass is 309 g/mol. The van der Waals surface area contributed by atoms with Crippen molar-refractivity contribution in [2.24, 2.45) is 0 Å². The van der Waals surface area contributed by atoms with Crippen LogP contribution in [0.3, 0.4) is 0 Å². The molecule has 2 rings (SSSR count). The number of carboxylic acid groups (broad SMARTS) is 2. The predicted octanol–water partition coefficient (Wildman–Crippen LogP) is 1.91. The van der Waals surface area contributed by atoms with E-state index in [2.05, 4.69) is 5.32 Å². The molecule has 0 bridgehead atoms. The van der Waals surface area contributed by atoms with E-state index in [1.807, 2.05) is 0 Å². The van der Waals surface area contributed by atoms with Crippen LogP contribution in [0, 0.1) is 0 Å². The van der Waals surface area contributed by atoms with Crippen molar-refractivity contribution in [1.82, 2.24) is 0 Å². The fourth-order valence-electron chi connectivity index (χ4n) is 1.57. The number of hydrogen-bond acceptors (Lipinski definition) is 5. The summed E-state index contributed by atoms with van der Waals surface area (Å²) in [5, 5.41) is 20.2. The summed E-state index contributed by atoms with van der Waals surface area (Å²) in [5.74, 6) is -3.27. The lowest BCUT2D eigenvalue weighted by molar-refractivity contribution is -0.140. The first-order chi connectivity index (χ1) is 9.90. The van der Waals surface area contributed by atoms with Gasteiger partial charge in [0, 0.05) is 11.2 Å². The van der Waals surface area contributed by atoms with Crippen LogP contribution in [0.15, 0.2) is 45.4 Å². The topological polar surface area (TPSA) is 117 Å². The summed E-state index contributed by atoms with van der Waals surface area (Å²) in [6.07, 6.45) is 1.77. The van der Waals surface area contributed by atoms with Gasteiger partial charge in [0.1, 0.15) is 17.5 Å². The van der Waals surface area contributed by atoms with Gasteiger partial charge in [-0.2, -0.15) is 0 Å². The van der Waals surface area contributed by atoms with Crippen molar-refractivity contribution in [2.45, 2.75) is 0 Å². The molecule has 1 heterocycles. The summed E-state index contributed by atoms with van der Waals surface area (Å²) in [6, 6.07) is 4.46. The average molecular weight is 310 g/mol. The van der Waals surface area contributed by atoms with Gasteiger partial charge in [-0.1, -0.05) is 11.6 Å². The van der Waals surface area contributed by atoms with Crippen LogP contribution in [0.1, 0.15) is 0 Å². The Labute approximate surface area is 122 Å². The Morgan fingerprint density at radius 3 is 2.52 bits per heavy atom. The van der Waals surface area contributed by atoms with Crippen LogP contribution in [0.5, 0.6) is 0 Å². The summed E-state index contributed by atoms with van der Waals surface area (Å²) in [6.45, 7) is 0. The van der Waals surface area contributed by atoms with Gasteiger partial charge in [0.05, 0.1) is 5.39 Å². The van der Waals surface area contributed by atoms with Gasteiger partial charge in [-0.25, -0.2) is 9.59 Å². The largest absolute Gasteiger partial charge is 0.477 e. The fourth-order valence-corrected chi connectivity index (χ4v) is 1.74. The highest BCUT2D eigenvalue weighted by Crippen LogP contribution is 2.18. The van der Waals surface area contributed by atoms with Gasteiger partial charge >= 0.3 is 11.9 Å². The molecule has 0 fully saturated rings. The van der Waals surface area contributed by atoms with Crippen LogP contribution in [-0.4, -0.2) is 22.2 Å². The molecular weight excluding hydrogens is 302 g/mol. The van der Waals surface area contributed by atoms with E-state index >= 15 is 0 Å². The standard InChI is InChI=1S/C13H8ClNO6/c14-6-1-2-10-7(3-6)11(16)9(5-21-10)15-4-8(12(17)18)13(19)20/h1-5,15H,(H,17,18)(H,19,20). The summed E-state index contributed by atoms with van der Waals surface area (Å²) in [4.78, 5) is 33.5.